The predicted octanol–water partition coefficient (Wildman–Crippen LogP) is 4.27. The molecule has 0 spiro atoms. The van der Waals surface area contributed by atoms with Crippen LogP contribution in [0.1, 0.15) is 15.9 Å². The van der Waals surface area contributed by atoms with Crippen LogP contribution in [0.3, 0.4) is 0 Å². The highest BCUT2D eigenvalue weighted by atomic mass is 35.5. The van der Waals surface area contributed by atoms with Gasteiger partial charge in [-0.15, -0.1) is 0 Å². The van der Waals surface area contributed by atoms with Crippen molar-refractivity contribution >= 4 is 35.3 Å². The minimum Gasteiger partial charge on any atom is -0.497 e. The van der Waals surface area contributed by atoms with Crippen molar-refractivity contribution in [3.05, 3.63) is 88.7 Å². The fraction of sp³-hybridized carbons (Fsp3) is 0.0870. The summed E-state index contributed by atoms with van der Waals surface area (Å²) >= 11 is 6.04. The van der Waals surface area contributed by atoms with Crippen molar-refractivity contribution in [2.45, 2.75) is 0 Å². The lowest BCUT2D eigenvalue weighted by molar-refractivity contribution is -0.118. The van der Waals surface area contributed by atoms with Crippen molar-refractivity contribution in [2.24, 2.45) is 5.10 Å². The summed E-state index contributed by atoms with van der Waals surface area (Å²) in [5, 5.41) is 6.96. The zero-order chi connectivity index (χ0) is 22.9. The van der Waals surface area contributed by atoms with Crippen LogP contribution in [0.2, 0.25) is 5.02 Å². The summed E-state index contributed by atoms with van der Waals surface area (Å²) in [5.41, 5.74) is 3.69. The first-order chi connectivity index (χ1) is 15.4. The van der Waals surface area contributed by atoms with E-state index >= 15 is 0 Å². The summed E-state index contributed by atoms with van der Waals surface area (Å²) in [6, 6.07) is 16.7. The second kappa shape index (κ2) is 10.9. The van der Waals surface area contributed by atoms with Gasteiger partial charge in [0.25, 0.3) is 11.8 Å². The Morgan fingerprint density at radius 1 is 1.09 bits per heavy atom. The smallest absolute Gasteiger partial charge is 0.271 e. The molecule has 0 aliphatic rings. The van der Waals surface area contributed by atoms with Gasteiger partial charge in [0.2, 0.25) is 0 Å². The van der Waals surface area contributed by atoms with Crippen LogP contribution in [0.25, 0.3) is 0 Å². The summed E-state index contributed by atoms with van der Waals surface area (Å²) in [6.45, 7) is -0.296. The monoisotopic (exact) mass is 455 g/mol. The molecule has 0 heterocycles. The number of amides is 2. The van der Waals surface area contributed by atoms with Crippen molar-refractivity contribution in [1.29, 1.82) is 0 Å². The normalized spacial score (nSPS) is 10.6. The van der Waals surface area contributed by atoms with Crippen molar-refractivity contribution in [2.75, 3.05) is 19.0 Å². The molecule has 2 amide bonds. The molecule has 0 saturated heterocycles. The molecular weight excluding hydrogens is 437 g/mol. The van der Waals surface area contributed by atoms with E-state index in [1.54, 1.807) is 42.5 Å². The molecule has 32 heavy (non-hydrogen) atoms. The Labute approximate surface area is 188 Å². The number of anilines is 1. The lowest BCUT2D eigenvalue weighted by Gasteiger charge is -2.10. The topological polar surface area (TPSA) is 89.0 Å². The molecule has 164 valence electrons. The van der Waals surface area contributed by atoms with Gasteiger partial charge in [0, 0.05) is 21.8 Å². The molecule has 9 heteroatoms. The number of methoxy groups -OCH3 is 1. The summed E-state index contributed by atoms with van der Waals surface area (Å²) < 4.78 is 23.6. The first-order valence-electron chi connectivity index (χ1n) is 9.40. The van der Waals surface area contributed by atoms with Gasteiger partial charge in [0.1, 0.15) is 17.3 Å². The predicted molar refractivity (Wildman–Crippen MR) is 120 cm³/mol. The maximum absolute atomic E-state index is 13.0. The average molecular weight is 456 g/mol. The maximum atomic E-state index is 13.0. The van der Waals surface area contributed by atoms with E-state index in [9.17, 15) is 14.0 Å². The van der Waals surface area contributed by atoms with Crippen LogP contribution in [0.4, 0.5) is 10.1 Å². The summed E-state index contributed by atoms with van der Waals surface area (Å²) in [7, 11) is 1.51. The van der Waals surface area contributed by atoms with E-state index in [0.717, 1.165) is 0 Å². The van der Waals surface area contributed by atoms with E-state index in [1.165, 1.54) is 37.6 Å². The van der Waals surface area contributed by atoms with E-state index in [0.29, 0.717) is 33.3 Å². The lowest BCUT2D eigenvalue weighted by atomic mass is 10.2. The molecular formula is C23H19ClFN3O4. The number of hydrogen-bond donors (Lipinski definition) is 2. The zero-order valence-corrected chi connectivity index (χ0v) is 17.7. The number of hydrogen-bond acceptors (Lipinski definition) is 5. The number of hydrazone groups is 1. The number of rotatable bonds is 8. The standard InChI is InChI=1S/C23H19ClFN3O4/c1-31-20-4-2-3-15(12-20)23(30)28-26-13-16-11-17(24)5-10-21(16)32-14-22(29)27-19-8-6-18(25)7-9-19/h2-13H,14H2,1H3,(H,27,29)(H,28,30)/b26-13+. The van der Waals surface area contributed by atoms with Gasteiger partial charge < -0.3 is 14.8 Å². The number of carbonyl (C=O) groups excluding carboxylic acids is 2. The number of carbonyl (C=O) groups is 2. The Balaban J connectivity index is 1.62. The highest BCUT2D eigenvalue weighted by Crippen LogP contribution is 2.21. The number of nitrogens with zero attached hydrogens (tertiary/aromatic N) is 1. The van der Waals surface area contributed by atoms with Crippen LogP contribution in [0.5, 0.6) is 11.5 Å². The van der Waals surface area contributed by atoms with Crippen LogP contribution >= 0.6 is 11.6 Å². The third-order valence-corrected chi connectivity index (χ3v) is 4.40. The largest absolute Gasteiger partial charge is 0.497 e. The van der Waals surface area contributed by atoms with Gasteiger partial charge in [-0.3, -0.25) is 9.59 Å². The van der Waals surface area contributed by atoms with Crippen molar-refractivity contribution < 1.29 is 23.5 Å². The molecule has 0 unspecified atom stereocenters. The van der Waals surface area contributed by atoms with Gasteiger partial charge >= 0.3 is 0 Å². The van der Waals surface area contributed by atoms with Gasteiger partial charge in [0.05, 0.1) is 13.3 Å². The number of halogens is 2. The van der Waals surface area contributed by atoms with Crippen molar-refractivity contribution in [1.82, 2.24) is 5.43 Å². The lowest BCUT2D eigenvalue weighted by Crippen LogP contribution is -2.20. The van der Waals surface area contributed by atoms with E-state index in [1.807, 2.05) is 0 Å². The number of ether oxygens (including phenoxy) is 2. The highest BCUT2D eigenvalue weighted by Gasteiger charge is 2.09. The van der Waals surface area contributed by atoms with Crippen molar-refractivity contribution in [3.63, 3.8) is 0 Å². The Kier molecular flexibility index (Phi) is 7.77. The summed E-state index contributed by atoms with van der Waals surface area (Å²) in [4.78, 5) is 24.4. The second-order valence-electron chi connectivity index (χ2n) is 6.46. The molecule has 0 aliphatic carbocycles. The number of nitrogens with one attached hydrogen (secondary N) is 2. The molecule has 2 N–H and O–H groups in total. The fourth-order valence-corrected chi connectivity index (χ4v) is 2.80. The third-order valence-electron chi connectivity index (χ3n) is 4.16. The molecule has 3 aromatic rings. The van der Waals surface area contributed by atoms with Gasteiger partial charge in [-0.05, 0) is 60.7 Å². The average Bonchev–Trinajstić information content (AvgIpc) is 2.80. The van der Waals surface area contributed by atoms with Gasteiger partial charge in [-0.1, -0.05) is 17.7 Å². The van der Waals surface area contributed by atoms with Crippen LogP contribution in [-0.4, -0.2) is 31.7 Å². The molecule has 0 aromatic heterocycles. The molecule has 0 fully saturated rings. The third kappa shape index (κ3) is 6.55. The van der Waals surface area contributed by atoms with E-state index in [-0.39, 0.29) is 6.61 Å². The van der Waals surface area contributed by atoms with Gasteiger partial charge in [-0.2, -0.15) is 5.10 Å². The Bertz CT molecular complexity index is 1140. The molecule has 0 atom stereocenters. The number of benzene rings is 3. The highest BCUT2D eigenvalue weighted by molar-refractivity contribution is 6.30. The Hall–Kier alpha value is -3.91. The van der Waals surface area contributed by atoms with E-state index in [4.69, 9.17) is 21.1 Å². The fourth-order valence-electron chi connectivity index (χ4n) is 2.61. The molecule has 3 rings (SSSR count). The molecule has 0 radical (unpaired) electrons. The van der Waals surface area contributed by atoms with Crippen LogP contribution in [0, 0.1) is 5.82 Å². The molecule has 0 saturated carbocycles. The molecule has 0 aliphatic heterocycles. The minimum absolute atomic E-state index is 0.296. The van der Waals surface area contributed by atoms with Crippen LogP contribution in [-0.2, 0) is 4.79 Å². The second-order valence-corrected chi connectivity index (χ2v) is 6.89. The quantitative estimate of drug-likeness (QED) is 0.392. The minimum atomic E-state index is -0.430. The first-order valence-corrected chi connectivity index (χ1v) is 9.77. The van der Waals surface area contributed by atoms with E-state index in [2.05, 4.69) is 15.8 Å². The maximum Gasteiger partial charge on any atom is 0.271 e. The molecule has 3 aromatic carbocycles. The van der Waals surface area contributed by atoms with E-state index < -0.39 is 17.6 Å². The summed E-state index contributed by atoms with van der Waals surface area (Å²) in [6.07, 6.45) is 1.36. The first kappa shape index (κ1) is 22.8. The van der Waals surface area contributed by atoms with Crippen molar-refractivity contribution in [3.8, 4) is 11.5 Å². The van der Waals surface area contributed by atoms with Crippen LogP contribution in [0.15, 0.2) is 71.8 Å². The van der Waals surface area contributed by atoms with Crippen LogP contribution < -0.4 is 20.2 Å². The zero-order valence-electron chi connectivity index (χ0n) is 17.0. The van der Waals surface area contributed by atoms with Gasteiger partial charge in [-0.25, -0.2) is 9.82 Å². The summed E-state index contributed by atoms with van der Waals surface area (Å²) in [5.74, 6) is -0.374. The SMILES string of the molecule is COc1cccc(C(=O)N/N=C/c2cc(Cl)ccc2OCC(=O)Nc2ccc(F)cc2)c1. The molecule has 0 bridgehead atoms. The molecule has 7 nitrogen and oxygen atoms in total. The van der Waals surface area contributed by atoms with Gasteiger partial charge in [0.15, 0.2) is 6.61 Å². The Morgan fingerprint density at radius 2 is 1.88 bits per heavy atom. The Morgan fingerprint density at radius 3 is 2.62 bits per heavy atom.